The van der Waals surface area contributed by atoms with Crippen molar-refractivity contribution < 1.29 is 32.2 Å². The highest BCUT2D eigenvalue weighted by atomic mass is 19.4. The normalized spacial score (nSPS) is 10.9. The highest BCUT2D eigenvalue weighted by Crippen LogP contribution is 2.19. The summed E-state index contributed by atoms with van der Waals surface area (Å²) in [5.74, 6) is -1.88. The first kappa shape index (κ1) is 13.7. The number of ether oxygens (including phenoxy) is 2. The second-order valence-electron chi connectivity index (χ2n) is 2.59. The lowest BCUT2D eigenvalue weighted by molar-refractivity contribution is -0.173. The van der Waals surface area contributed by atoms with E-state index in [1.54, 1.807) is 6.92 Å². The fraction of sp³-hybridized carbons (Fsp3) is 0.750. The predicted octanol–water partition coefficient (Wildman–Crippen LogP) is 1.44. The van der Waals surface area contributed by atoms with E-state index in [1.807, 2.05) is 0 Å². The zero-order chi connectivity index (χ0) is 11.9. The Morgan fingerprint density at radius 3 is 1.93 bits per heavy atom. The van der Waals surface area contributed by atoms with Crippen LogP contribution in [0.1, 0.15) is 19.8 Å². The third-order valence-corrected chi connectivity index (χ3v) is 1.24. The first-order valence-electron chi connectivity index (χ1n) is 4.23. The lowest BCUT2D eigenvalue weighted by Gasteiger charge is -2.07. The molecule has 0 heterocycles. The number of hydrogen-bond acceptors (Lipinski definition) is 4. The van der Waals surface area contributed by atoms with Crippen molar-refractivity contribution >= 4 is 11.9 Å². The standard InChI is InChI=1S/C8H11F3O4/c1-2-6(12)14-3-4-15-7(13)5-8(9,10)11/h2-5H2,1H3. The van der Waals surface area contributed by atoms with Crippen molar-refractivity contribution in [2.24, 2.45) is 0 Å². The highest BCUT2D eigenvalue weighted by molar-refractivity contribution is 5.70. The second-order valence-corrected chi connectivity index (χ2v) is 2.59. The molecule has 7 heteroatoms. The Kier molecular flexibility index (Phi) is 5.73. The zero-order valence-corrected chi connectivity index (χ0v) is 8.10. The Labute approximate surface area is 84.3 Å². The molecule has 0 amide bonds. The number of alkyl halides is 3. The lowest BCUT2D eigenvalue weighted by Crippen LogP contribution is -2.19. The minimum Gasteiger partial charge on any atom is -0.462 e. The maximum atomic E-state index is 11.6. The van der Waals surface area contributed by atoms with E-state index in [-0.39, 0.29) is 19.6 Å². The maximum Gasteiger partial charge on any atom is 0.399 e. The number of hydrogen-bond donors (Lipinski definition) is 0. The van der Waals surface area contributed by atoms with Gasteiger partial charge in [-0.3, -0.25) is 9.59 Å². The van der Waals surface area contributed by atoms with Gasteiger partial charge in [-0.2, -0.15) is 13.2 Å². The van der Waals surface area contributed by atoms with Gasteiger partial charge in [0.25, 0.3) is 0 Å². The summed E-state index contributed by atoms with van der Waals surface area (Å²) in [5, 5.41) is 0. The molecule has 0 aliphatic carbocycles. The summed E-state index contributed by atoms with van der Waals surface area (Å²) in [7, 11) is 0. The molecule has 0 saturated heterocycles. The largest absolute Gasteiger partial charge is 0.462 e. The minimum atomic E-state index is -4.57. The molecule has 15 heavy (non-hydrogen) atoms. The number of rotatable bonds is 5. The Hall–Kier alpha value is -1.27. The van der Waals surface area contributed by atoms with Crippen LogP contribution in [-0.2, 0) is 19.1 Å². The molecule has 0 fully saturated rings. The zero-order valence-electron chi connectivity index (χ0n) is 8.10. The summed E-state index contributed by atoms with van der Waals surface area (Å²) in [6, 6.07) is 0. The van der Waals surface area contributed by atoms with Crippen LogP contribution in [0.4, 0.5) is 13.2 Å². The van der Waals surface area contributed by atoms with E-state index in [1.165, 1.54) is 0 Å². The van der Waals surface area contributed by atoms with Gasteiger partial charge in [-0.25, -0.2) is 0 Å². The van der Waals surface area contributed by atoms with Crippen molar-refractivity contribution in [3.8, 4) is 0 Å². The van der Waals surface area contributed by atoms with Crippen LogP contribution >= 0.6 is 0 Å². The molecule has 0 bridgehead atoms. The topological polar surface area (TPSA) is 52.6 Å². The van der Waals surface area contributed by atoms with E-state index in [0.717, 1.165) is 0 Å². The minimum absolute atomic E-state index is 0.163. The summed E-state index contributed by atoms with van der Waals surface area (Å²) < 4.78 is 43.5. The Balaban J connectivity index is 3.52. The Morgan fingerprint density at radius 1 is 1.07 bits per heavy atom. The molecule has 0 saturated carbocycles. The molecule has 4 nitrogen and oxygen atoms in total. The van der Waals surface area contributed by atoms with E-state index in [0.29, 0.717) is 0 Å². The maximum absolute atomic E-state index is 11.6. The van der Waals surface area contributed by atoms with Crippen molar-refractivity contribution in [2.45, 2.75) is 25.9 Å². The molecule has 88 valence electrons. The quantitative estimate of drug-likeness (QED) is 0.527. The van der Waals surface area contributed by atoms with Crippen LogP contribution in [0.25, 0.3) is 0 Å². The van der Waals surface area contributed by atoms with Crippen molar-refractivity contribution in [3.05, 3.63) is 0 Å². The molecule has 0 rings (SSSR count). The van der Waals surface area contributed by atoms with Crippen LogP contribution in [0.5, 0.6) is 0 Å². The third-order valence-electron chi connectivity index (χ3n) is 1.24. The van der Waals surface area contributed by atoms with E-state index in [2.05, 4.69) is 9.47 Å². The fourth-order valence-electron chi connectivity index (χ4n) is 0.628. The van der Waals surface area contributed by atoms with Gasteiger partial charge in [-0.05, 0) is 0 Å². The van der Waals surface area contributed by atoms with E-state index < -0.39 is 24.5 Å². The molecule has 0 radical (unpaired) electrons. The van der Waals surface area contributed by atoms with Gasteiger partial charge in [-0.15, -0.1) is 0 Å². The van der Waals surface area contributed by atoms with Gasteiger partial charge in [0.1, 0.15) is 19.6 Å². The average molecular weight is 228 g/mol. The van der Waals surface area contributed by atoms with E-state index in [9.17, 15) is 22.8 Å². The molecule has 0 spiro atoms. The summed E-state index contributed by atoms with van der Waals surface area (Å²) in [4.78, 5) is 21.0. The molecule has 0 aromatic heterocycles. The van der Waals surface area contributed by atoms with Crippen LogP contribution in [0, 0.1) is 0 Å². The van der Waals surface area contributed by atoms with Gasteiger partial charge in [0.2, 0.25) is 0 Å². The van der Waals surface area contributed by atoms with E-state index in [4.69, 9.17) is 0 Å². The lowest BCUT2D eigenvalue weighted by atomic mass is 10.4. The summed E-state index contributed by atoms with van der Waals surface area (Å²) in [6.45, 7) is 0.981. The average Bonchev–Trinajstić information content (AvgIpc) is 2.09. The van der Waals surface area contributed by atoms with Gasteiger partial charge in [0.05, 0.1) is 0 Å². The fourth-order valence-corrected chi connectivity index (χ4v) is 0.628. The van der Waals surface area contributed by atoms with Gasteiger partial charge < -0.3 is 9.47 Å². The SMILES string of the molecule is CCC(=O)OCCOC(=O)CC(F)(F)F. The summed E-state index contributed by atoms with van der Waals surface area (Å²) >= 11 is 0. The first-order valence-corrected chi connectivity index (χ1v) is 4.23. The molecule has 0 N–H and O–H groups in total. The number of carbonyl (C=O) groups excluding carboxylic acids is 2. The second kappa shape index (κ2) is 6.26. The van der Waals surface area contributed by atoms with E-state index >= 15 is 0 Å². The van der Waals surface area contributed by atoms with Crippen molar-refractivity contribution in [1.29, 1.82) is 0 Å². The molecule has 0 aliphatic rings. The van der Waals surface area contributed by atoms with Gasteiger partial charge in [-0.1, -0.05) is 6.92 Å². The predicted molar refractivity (Wildman–Crippen MR) is 42.9 cm³/mol. The van der Waals surface area contributed by atoms with Crippen LogP contribution in [0.15, 0.2) is 0 Å². The number of esters is 2. The Bertz CT molecular complexity index is 224. The smallest absolute Gasteiger partial charge is 0.399 e. The van der Waals surface area contributed by atoms with Gasteiger partial charge >= 0.3 is 18.1 Å². The molecule has 0 aromatic carbocycles. The molecule has 0 aromatic rings. The van der Waals surface area contributed by atoms with Crippen LogP contribution in [-0.4, -0.2) is 31.3 Å². The molecule has 0 atom stereocenters. The molecular formula is C8H11F3O4. The molecule has 0 aliphatic heterocycles. The van der Waals surface area contributed by atoms with Crippen LogP contribution < -0.4 is 0 Å². The van der Waals surface area contributed by atoms with Gasteiger partial charge in [0, 0.05) is 6.42 Å². The first-order chi connectivity index (χ1) is 6.85. The van der Waals surface area contributed by atoms with Crippen molar-refractivity contribution in [3.63, 3.8) is 0 Å². The van der Waals surface area contributed by atoms with Crippen LogP contribution in [0.2, 0.25) is 0 Å². The molecular weight excluding hydrogens is 217 g/mol. The van der Waals surface area contributed by atoms with Crippen molar-refractivity contribution in [1.82, 2.24) is 0 Å². The monoisotopic (exact) mass is 228 g/mol. The van der Waals surface area contributed by atoms with Crippen LogP contribution in [0.3, 0.4) is 0 Å². The number of halogens is 3. The van der Waals surface area contributed by atoms with Gasteiger partial charge in [0.15, 0.2) is 0 Å². The summed E-state index contributed by atoms with van der Waals surface area (Å²) in [5.41, 5.74) is 0. The highest BCUT2D eigenvalue weighted by Gasteiger charge is 2.32. The molecule has 0 unspecified atom stereocenters. The Morgan fingerprint density at radius 2 is 1.53 bits per heavy atom. The van der Waals surface area contributed by atoms with Crippen molar-refractivity contribution in [2.75, 3.05) is 13.2 Å². The third kappa shape index (κ3) is 9.04. The summed E-state index contributed by atoms with van der Waals surface area (Å²) in [6.07, 6.45) is -6.04. The number of carbonyl (C=O) groups is 2.